The van der Waals surface area contributed by atoms with E-state index in [-0.39, 0.29) is 16.7 Å². The molecule has 11 heteroatoms. The van der Waals surface area contributed by atoms with Crippen LogP contribution >= 0.6 is 23.4 Å². The number of carbonyl (C=O) groups is 1. The van der Waals surface area contributed by atoms with E-state index in [0.29, 0.717) is 16.8 Å². The van der Waals surface area contributed by atoms with Crippen molar-refractivity contribution in [3.63, 3.8) is 0 Å². The second-order valence-corrected chi connectivity index (χ2v) is 6.81. The maximum absolute atomic E-state index is 13.1. The summed E-state index contributed by atoms with van der Waals surface area (Å²) >= 11 is 6.80. The zero-order valence-corrected chi connectivity index (χ0v) is 15.5. The number of thioether (sulfide) groups is 1. The molecule has 8 nitrogen and oxygen atoms in total. The first-order valence-electron chi connectivity index (χ1n) is 7.47. The molecule has 0 spiro atoms. The Morgan fingerprint density at radius 3 is 2.77 bits per heavy atom. The van der Waals surface area contributed by atoms with Crippen LogP contribution in [0.4, 0.5) is 10.1 Å². The van der Waals surface area contributed by atoms with E-state index in [1.807, 2.05) is 19.9 Å². The van der Waals surface area contributed by atoms with Crippen LogP contribution in [-0.2, 0) is 4.79 Å². The van der Waals surface area contributed by atoms with Crippen LogP contribution in [0, 0.1) is 19.7 Å². The summed E-state index contributed by atoms with van der Waals surface area (Å²) in [6.07, 6.45) is 0. The monoisotopic (exact) mass is 395 g/mol. The molecule has 0 aliphatic carbocycles. The lowest BCUT2D eigenvalue weighted by molar-refractivity contribution is -0.113. The van der Waals surface area contributed by atoms with Crippen molar-refractivity contribution in [2.75, 3.05) is 16.9 Å². The average molecular weight is 396 g/mol. The summed E-state index contributed by atoms with van der Waals surface area (Å²) in [5, 5.41) is 15.2. The average Bonchev–Trinajstić information content (AvgIpc) is 3.10. The van der Waals surface area contributed by atoms with E-state index >= 15 is 0 Å². The number of rotatable bonds is 5. The van der Waals surface area contributed by atoms with Crippen LogP contribution in [-0.4, -0.2) is 36.3 Å². The second-order valence-electron chi connectivity index (χ2n) is 5.46. The summed E-state index contributed by atoms with van der Waals surface area (Å²) < 4.78 is 16.0. The molecule has 1 aromatic carbocycles. The molecular formula is C15H15ClFN7OS. The van der Waals surface area contributed by atoms with Crippen molar-refractivity contribution >= 4 is 35.0 Å². The van der Waals surface area contributed by atoms with Crippen molar-refractivity contribution < 1.29 is 9.18 Å². The van der Waals surface area contributed by atoms with Crippen molar-refractivity contribution in [1.82, 2.24) is 24.7 Å². The van der Waals surface area contributed by atoms with Gasteiger partial charge in [-0.15, -0.1) is 10.2 Å². The Hall–Kier alpha value is -2.59. The number of carbonyl (C=O) groups excluding carboxylic acids is 1. The third-order valence-electron chi connectivity index (χ3n) is 3.38. The number of halogens is 2. The number of nitrogens with one attached hydrogen (secondary N) is 1. The van der Waals surface area contributed by atoms with Gasteiger partial charge in [-0.3, -0.25) is 4.79 Å². The molecule has 0 fully saturated rings. The van der Waals surface area contributed by atoms with Crippen LogP contribution in [0.5, 0.6) is 0 Å². The lowest BCUT2D eigenvalue weighted by Gasteiger charge is -2.06. The molecule has 136 valence electrons. The van der Waals surface area contributed by atoms with Crippen molar-refractivity contribution in [3.8, 4) is 5.95 Å². The summed E-state index contributed by atoms with van der Waals surface area (Å²) in [4.78, 5) is 12.0. The predicted molar refractivity (Wildman–Crippen MR) is 97.5 cm³/mol. The van der Waals surface area contributed by atoms with Gasteiger partial charge in [0.15, 0.2) is 0 Å². The SMILES string of the molecule is Cc1cc(C)n(-c2nnc(SCC(=O)Nc3ccc(F)c(Cl)c3)n2N)n1. The van der Waals surface area contributed by atoms with E-state index in [1.54, 1.807) is 4.68 Å². The number of nitrogen functional groups attached to an aromatic ring is 1. The highest BCUT2D eigenvalue weighted by atomic mass is 35.5. The standard InChI is InChI=1S/C15H15ClFN7OS/c1-8-5-9(2)24(22-8)14-20-21-15(23(14)18)26-7-13(25)19-10-3-4-12(17)11(16)6-10/h3-6H,7,18H2,1-2H3,(H,19,25). The molecule has 0 bridgehead atoms. The van der Waals surface area contributed by atoms with Crippen LogP contribution in [0.25, 0.3) is 5.95 Å². The highest BCUT2D eigenvalue weighted by Crippen LogP contribution is 2.21. The fraction of sp³-hybridized carbons (Fsp3) is 0.200. The molecule has 0 aliphatic heterocycles. The van der Waals surface area contributed by atoms with Gasteiger partial charge < -0.3 is 11.2 Å². The van der Waals surface area contributed by atoms with E-state index in [4.69, 9.17) is 17.4 Å². The van der Waals surface area contributed by atoms with Crippen LogP contribution < -0.4 is 11.2 Å². The topological polar surface area (TPSA) is 104 Å². The Balaban J connectivity index is 1.65. The Bertz CT molecular complexity index is 971. The van der Waals surface area contributed by atoms with Gasteiger partial charge in [-0.05, 0) is 38.1 Å². The molecule has 0 saturated heterocycles. The zero-order valence-electron chi connectivity index (χ0n) is 13.9. The number of benzene rings is 1. The van der Waals surface area contributed by atoms with Gasteiger partial charge in [0.05, 0.1) is 16.5 Å². The second kappa shape index (κ2) is 7.34. The highest BCUT2D eigenvalue weighted by molar-refractivity contribution is 7.99. The molecule has 0 saturated carbocycles. The minimum absolute atomic E-state index is 0.0431. The molecular weight excluding hydrogens is 381 g/mol. The van der Waals surface area contributed by atoms with Crippen LogP contribution in [0.15, 0.2) is 29.4 Å². The van der Waals surface area contributed by atoms with E-state index in [1.165, 1.54) is 22.9 Å². The summed E-state index contributed by atoms with van der Waals surface area (Å²) in [7, 11) is 0. The third kappa shape index (κ3) is 3.81. The molecule has 3 aromatic rings. The molecule has 0 unspecified atom stereocenters. The van der Waals surface area contributed by atoms with Crippen LogP contribution in [0.2, 0.25) is 5.02 Å². The Morgan fingerprint density at radius 2 is 2.12 bits per heavy atom. The van der Waals surface area contributed by atoms with Crippen LogP contribution in [0.1, 0.15) is 11.4 Å². The molecule has 3 rings (SSSR count). The van der Waals surface area contributed by atoms with Crippen LogP contribution in [0.3, 0.4) is 0 Å². The van der Waals surface area contributed by atoms with E-state index < -0.39 is 5.82 Å². The van der Waals surface area contributed by atoms with Gasteiger partial charge in [-0.2, -0.15) is 5.10 Å². The Kier molecular flexibility index (Phi) is 5.14. The number of aromatic nitrogens is 5. The smallest absolute Gasteiger partial charge is 0.271 e. The van der Waals surface area contributed by atoms with Gasteiger partial charge in [0, 0.05) is 11.4 Å². The first kappa shape index (κ1) is 18.2. The van der Waals surface area contributed by atoms with Gasteiger partial charge in [-0.1, -0.05) is 23.4 Å². The number of hydrogen-bond acceptors (Lipinski definition) is 6. The highest BCUT2D eigenvalue weighted by Gasteiger charge is 2.16. The number of nitrogens with two attached hydrogens (primary N) is 1. The fourth-order valence-corrected chi connectivity index (χ4v) is 3.08. The number of anilines is 1. The van der Waals surface area contributed by atoms with Crippen molar-refractivity contribution in [2.24, 2.45) is 0 Å². The molecule has 0 radical (unpaired) electrons. The Morgan fingerprint density at radius 1 is 1.35 bits per heavy atom. The molecule has 0 aliphatic rings. The number of hydrogen-bond donors (Lipinski definition) is 2. The molecule has 2 aromatic heterocycles. The van der Waals surface area contributed by atoms with Gasteiger partial charge in [0.1, 0.15) is 5.82 Å². The largest absolute Gasteiger partial charge is 0.334 e. The van der Waals surface area contributed by atoms with E-state index in [2.05, 4.69) is 20.6 Å². The summed E-state index contributed by atoms with van der Waals surface area (Å²) in [5.41, 5.74) is 2.10. The maximum Gasteiger partial charge on any atom is 0.271 e. The molecule has 1 amide bonds. The molecule has 0 atom stereocenters. The first-order valence-corrected chi connectivity index (χ1v) is 8.83. The fourth-order valence-electron chi connectivity index (χ4n) is 2.24. The van der Waals surface area contributed by atoms with Gasteiger partial charge >= 0.3 is 0 Å². The summed E-state index contributed by atoms with van der Waals surface area (Å²) in [6.45, 7) is 3.74. The quantitative estimate of drug-likeness (QED) is 0.507. The molecule has 3 N–H and O–H groups in total. The maximum atomic E-state index is 13.1. The van der Waals surface area contributed by atoms with E-state index in [0.717, 1.165) is 23.1 Å². The Labute approximate surface area is 157 Å². The molecule has 26 heavy (non-hydrogen) atoms. The van der Waals surface area contributed by atoms with Crippen molar-refractivity contribution in [1.29, 1.82) is 0 Å². The summed E-state index contributed by atoms with van der Waals surface area (Å²) in [6, 6.07) is 5.84. The van der Waals surface area contributed by atoms with E-state index in [9.17, 15) is 9.18 Å². The first-order chi connectivity index (χ1) is 12.3. The van der Waals surface area contributed by atoms with Gasteiger partial charge in [-0.25, -0.2) is 13.7 Å². The van der Waals surface area contributed by atoms with Crippen molar-refractivity contribution in [3.05, 3.63) is 46.5 Å². The predicted octanol–water partition coefficient (Wildman–Crippen LogP) is 2.32. The van der Waals surface area contributed by atoms with Crippen molar-refractivity contribution in [2.45, 2.75) is 19.0 Å². The third-order valence-corrected chi connectivity index (χ3v) is 4.61. The number of nitrogens with zero attached hydrogens (tertiary/aromatic N) is 5. The minimum atomic E-state index is -0.549. The zero-order chi connectivity index (χ0) is 18.8. The number of amides is 1. The summed E-state index contributed by atoms with van der Waals surface area (Å²) in [5.74, 6) is 5.54. The van der Waals surface area contributed by atoms with Gasteiger partial charge in [0.25, 0.3) is 5.95 Å². The number of aryl methyl sites for hydroxylation is 2. The lowest BCUT2D eigenvalue weighted by atomic mass is 10.3. The van der Waals surface area contributed by atoms with Gasteiger partial charge in [0.2, 0.25) is 11.1 Å². The lowest BCUT2D eigenvalue weighted by Crippen LogP contribution is -2.18. The molecule has 2 heterocycles. The minimum Gasteiger partial charge on any atom is -0.334 e. The normalized spacial score (nSPS) is 10.9.